The highest BCUT2D eigenvalue weighted by Gasteiger charge is 2.26. The van der Waals surface area contributed by atoms with E-state index in [1.54, 1.807) is 26.8 Å². The number of nitrogens with one attached hydrogen (secondary N) is 2. The Morgan fingerprint density at radius 3 is 2.29 bits per heavy atom. The van der Waals surface area contributed by atoms with Crippen LogP contribution in [0.5, 0.6) is 0 Å². The van der Waals surface area contributed by atoms with E-state index in [4.69, 9.17) is 16.2 Å². The van der Waals surface area contributed by atoms with Gasteiger partial charge >= 0.3 is 18.1 Å². The Kier molecular flexibility index (Phi) is 9.16. The fourth-order valence-electron chi connectivity index (χ4n) is 4.42. The maximum absolute atomic E-state index is 12.2. The molecular weight excluding hydrogens is 508 g/mol. The van der Waals surface area contributed by atoms with Gasteiger partial charge in [-0.05, 0) is 68.7 Å². The highest BCUT2D eigenvalue weighted by atomic mass is 32.1. The van der Waals surface area contributed by atoms with E-state index in [9.17, 15) is 24.3 Å². The number of alkyl carbamates (subject to hydrolysis) is 1. The van der Waals surface area contributed by atoms with Gasteiger partial charge in [0.25, 0.3) is 5.91 Å². The van der Waals surface area contributed by atoms with Crippen molar-refractivity contribution < 1.29 is 29.0 Å². The Bertz CT molecular complexity index is 1220. The van der Waals surface area contributed by atoms with Crippen molar-refractivity contribution >= 4 is 45.9 Å². The second-order valence-electron chi connectivity index (χ2n) is 10.2. The number of benzene rings is 1. The maximum Gasteiger partial charge on any atom is 0.408 e. The molecule has 1 aliphatic rings. The molecule has 1 aromatic heterocycles. The van der Waals surface area contributed by atoms with Gasteiger partial charge in [0.2, 0.25) is 0 Å². The summed E-state index contributed by atoms with van der Waals surface area (Å²) in [6, 6.07) is 7.38. The molecular formula is C27H34N4O6S. The number of anilines is 1. The number of carboxylic acid groups (broad SMARTS) is 1. The van der Waals surface area contributed by atoms with Crippen LogP contribution in [0.3, 0.4) is 0 Å². The van der Waals surface area contributed by atoms with Gasteiger partial charge in [-0.25, -0.2) is 14.4 Å². The first-order chi connectivity index (χ1) is 17.8. The summed E-state index contributed by atoms with van der Waals surface area (Å²) in [6.45, 7) is 5.14. The van der Waals surface area contributed by atoms with Crippen LogP contribution in [-0.4, -0.2) is 40.8 Å². The van der Waals surface area contributed by atoms with Gasteiger partial charge < -0.3 is 26.6 Å². The largest absolute Gasteiger partial charge is 0.480 e. The van der Waals surface area contributed by atoms with Crippen LogP contribution >= 0.6 is 11.3 Å². The second-order valence-corrected chi connectivity index (χ2v) is 11.3. The Labute approximate surface area is 225 Å². The fraction of sp³-hybridized carbons (Fsp3) is 0.407. The lowest BCUT2D eigenvalue weighted by Crippen LogP contribution is -2.43. The van der Waals surface area contributed by atoms with E-state index in [0.717, 1.165) is 47.3 Å². The van der Waals surface area contributed by atoms with Gasteiger partial charge in [0.05, 0.1) is 5.56 Å². The molecule has 38 heavy (non-hydrogen) atoms. The van der Waals surface area contributed by atoms with E-state index >= 15 is 0 Å². The van der Waals surface area contributed by atoms with Crippen LogP contribution in [0.25, 0.3) is 16.0 Å². The zero-order valence-corrected chi connectivity index (χ0v) is 22.5. The summed E-state index contributed by atoms with van der Waals surface area (Å²) < 4.78 is 5.22. The number of hydrogen-bond acceptors (Lipinski definition) is 6. The molecule has 4 amide bonds. The number of nitrogens with two attached hydrogens (primary N) is 2. The summed E-state index contributed by atoms with van der Waals surface area (Å²) in [5.41, 5.74) is 12.9. The highest BCUT2D eigenvalue weighted by molar-refractivity contribution is 7.20. The molecule has 0 spiro atoms. The van der Waals surface area contributed by atoms with Crippen molar-refractivity contribution in [1.82, 2.24) is 5.32 Å². The molecule has 1 aromatic carbocycles. The standard InChI is InChI=1S/C27H34N4O6S/c1-27(2,3)37-26(36)30-20(24(33)34)13-12-18(15-6-4-5-7-15)16-8-10-17(11-9-16)21-14-19(22(28)32)23(38-21)31-25(29)35/h8-12,14-15,20H,4-7,13H2,1-3H3,(H2,28,32)(H,30,36)(H,33,34)(H3,29,31,35)/b18-12+/t20-/m0/s1. The highest BCUT2D eigenvalue weighted by Crippen LogP contribution is 2.39. The molecule has 0 unspecified atom stereocenters. The monoisotopic (exact) mass is 542 g/mol. The molecule has 1 saturated carbocycles. The van der Waals surface area contributed by atoms with Gasteiger partial charge in [0, 0.05) is 4.88 Å². The maximum atomic E-state index is 12.2. The van der Waals surface area contributed by atoms with Gasteiger partial charge in [-0.2, -0.15) is 0 Å². The van der Waals surface area contributed by atoms with E-state index in [2.05, 4.69) is 10.6 Å². The van der Waals surface area contributed by atoms with E-state index in [1.165, 1.54) is 11.3 Å². The summed E-state index contributed by atoms with van der Waals surface area (Å²) in [6.07, 6.45) is 5.42. The topological polar surface area (TPSA) is 174 Å². The number of urea groups is 1. The van der Waals surface area contributed by atoms with Gasteiger partial charge in [-0.1, -0.05) is 43.2 Å². The molecule has 1 fully saturated rings. The molecule has 0 bridgehead atoms. The number of ether oxygens (including phenoxy) is 1. The van der Waals surface area contributed by atoms with Crippen molar-refractivity contribution in [3.8, 4) is 10.4 Å². The lowest BCUT2D eigenvalue weighted by Gasteiger charge is -2.22. The minimum atomic E-state index is -1.14. The number of carbonyl (C=O) groups is 4. The van der Waals surface area contributed by atoms with Crippen molar-refractivity contribution in [1.29, 1.82) is 0 Å². The zero-order chi connectivity index (χ0) is 28.0. The van der Waals surface area contributed by atoms with Crippen LogP contribution in [0.4, 0.5) is 14.6 Å². The van der Waals surface area contributed by atoms with Crippen molar-refractivity contribution in [2.24, 2.45) is 17.4 Å². The smallest absolute Gasteiger partial charge is 0.408 e. The molecule has 1 heterocycles. The summed E-state index contributed by atoms with van der Waals surface area (Å²) in [7, 11) is 0. The summed E-state index contributed by atoms with van der Waals surface area (Å²) in [4.78, 5) is 47.8. The molecule has 0 aliphatic heterocycles. The van der Waals surface area contributed by atoms with Gasteiger partial charge in [0.15, 0.2) is 0 Å². The normalized spacial score (nSPS) is 15.1. The van der Waals surface area contributed by atoms with Crippen LogP contribution in [0, 0.1) is 5.92 Å². The van der Waals surface area contributed by atoms with E-state index in [0.29, 0.717) is 0 Å². The molecule has 1 aliphatic carbocycles. The Balaban J connectivity index is 1.86. The second kappa shape index (κ2) is 12.1. The number of primary amides is 2. The third kappa shape index (κ3) is 7.82. The van der Waals surface area contributed by atoms with E-state index < -0.39 is 35.6 Å². The number of rotatable bonds is 9. The van der Waals surface area contributed by atoms with Crippen LogP contribution in [-0.2, 0) is 9.53 Å². The molecule has 204 valence electrons. The van der Waals surface area contributed by atoms with Crippen LogP contribution < -0.4 is 22.1 Å². The molecule has 11 heteroatoms. The molecule has 3 rings (SSSR count). The summed E-state index contributed by atoms with van der Waals surface area (Å²) in [5, 5.41) is 14.9. The average molecular weight is 543 g/mol. The Hall–Kier alpha value is -3.86. The summed E-state index contributed by atoms with van der Waals surface area (Å²) >= 11 is 1.19. The number of amides is 4. The Morgan fingerprint density at radius 2 is 1.76 bits per heavy atom. The Morgan fingerprint density at radius 1 is 1.13 bits per heavy atom. The first-order valence-corrected chi connectivity index (χ1v) is 13.2. The fourth-order valence-corrected chi connectivity index (χ4v) is 5.49. The molecule has 1 atom stereocenters. The molecule has 10 nitrogen and oxygen atoms in total. The quantitative estimate of drug-likeness (QED) is 0.300. The first kappa shape index (κ1) is 28.7. The van der Waals surface area contributed by atoms with Gasteiger partial charge in [0.1, 0.15) is 16.6 Å². The number of thiophene rings is 1. The van der Waals surface area contributed by atoms with E-state index in [-0.39, 0.29) is 22.9 Å². The average Bonchev–Trinajstić information content (AvgIpc) is 3.48. The SMILES string of the molecule is CC(C)(C)OC(=O)N[C@@H](C/C=C(/c1ccc(-c2cc(C(N)=O)c(NC(N)=O)s2)cc1)C1CCCC1)C(=O)O. The minimum Gasteiger partial charge on any atom is -0.480 e. The number of carbonyl (C=O) groups excluding carboxylic acids is 3. The molecule has 2 aromatic rings. The number of aliphatic carboxylic acids is 1. The van der Waals surface area contributed by atoms with Crippen molar-refractivity contribution in [2.75, 3.05) is 5.32 Å². The zero-order valence-electron chi connectivity index (χ0n) is 21.7. The van der Waals surface area contributed by atoms with Gasteiger partial charge in [-0.15, -0.1) is 11.3 Å². The van der Waals surface area contributed by atoms with E-state index in [1.807, 2.05) is 30.3 Å². The van der Waals surface area contributed by atoms with Crippen molar-refractivity contribution in [3.05, 3.63) is 47.5 Å². The first-order valence-electron chi connectivity index (χ1n) is 12.4. The summed E-state index contributed by atoms with van der Waals surface area (Å²) in [5.74, 6) is -1.53. The molecule has 7 N–H and O–H groups in total. The minimum absolute atomic E-state index is 0.108. The van der Waals surface area contributed by atoms with Crippen molar-refractivity contribution in [3.63, 3.8) is 0 Å². The number of allylic oxidation sites excluding steroid dienone is 1. The van der Waals surface area contributed by atoms with Crippen molar-refractivity contribution in [2.45, 2.75) is 64.5 Å². The lowest BCUT2D eigenvalue weighted by atomic mass is 9.89. The predicted octanol–water partition coefficient (Wildman–Crippen LogP) is 4.95. The number of hydrogen-bond donors (Lipinski definition) is 5. The third-order valence-electron chi connectivity index (χ3n) is 6.09. The van der Waals surface area contributed by atoms with Crippen LogP contribution in [0.1, 0.15) is 68.8 Å². The molecule has 0 saturated heterocycles. The lowest BCUT2D eigenvalue weighted by molar-refractivity contribution is -0.139. The predicted molar refractivity (Wildman–Crippen MR) is 147 cm³/mol. The van der Waals surface area contributed by atoms with Crippen LogP contribution in [0.2, 0.25) is 0 Å². The molecule has 0 radical (unpaired) electrons. The third-order valence-corrected chi connectivity index (χ3v) is 7.19. The van der Waals surface area contributed by atoms with Crippen LogP contribution in [0.15, 0.2) is 36.4 Å². The number of carboxylic acids is 1. The van der Waals surface area contributed by atoms with Gasteiger partial charge in [-0.3, -0.25) is 10.1 Å².